The average Bonchev–Trinajstić information content (AvgIpc) is 2.51. The Balaban J connectivity index is 2.65. The highest BCUT2D eigenvalue weighted by Gasteiger charge is 2.07. The molecule has 0 aliphatic heterocycles. The van der Waals surface area contributed by atoms with Crippen molar-refractivity contribution in [3.05, 3.63) is 54.4 Å². The van der Waals surface area contributed by atoms with Gasteiger partial charge in [-0.3, -0.25) is 4.79 Å². The van der Waals surface area contributed by atoms with Crippen molar-refractivity contribution >= 4 is 28.6 Å². The zero-order chi connectivity index (χ0) is 16.1. The number of aromatic nitrogens is 1. The van der Waals surface area contributed by atoms with Crippen LogP contribution in [-0.2, 0) is 11.2 Å². The van der Waals surface area contributed by atoms with Crippen LogP contribution in [0.2, 0.25) is 0 Å². The summed E-state index contributed by atoms with van der Waals surface area (Å²) in [7, 11) is 3.97. The van der Waals surface area contributed by atoms with Crippen LogP contribution in [0.5, 0.6) is 0 Å². The van der Waals surface area contributed by atoms with Gasteiger partial charge in [-0.1, -0.05) is 25.6 Å². The lowest BCUT2D eigenvalue weighted by Gasteiger charge is -2.13. The minimum absolute atomic E-state index is 0.554. The Morgan fingerprint density at radius 3 is 2.73 bits per heavy atom. The van der Waals surface area contributed by atoms with Gasteiger partial charge < -0.3 is 10.2 Å². The second-order valence-corrected chi connectivity index (χ2v) is 5.29. The molecule has 0 radical (unpaired) electrons. The molecular weight excluding hydrogens is 274 g/mol. The predicted molar refractivity (Wildman–Crippen MR) is 92.7 cm³/mol. The molecular formula is C18H21N3O. The van der Waals surface area contributed by atoms with Gasteiger partial charge >= 0.3 is 0 Å². The minimum Gasteiger partial charge on any atom is -0.383 e. The molecule has 2 rings (SSSR count). The number of hydrogen-bond acceptors (Lipinski definition) is 3. The molecule has 4 heteroatoms. The third kappa shape index (κ3) is 3.34. The van der Waals surface area contributed by atoms with E-state index >= 15 is 0 Å². The van der Waals surface area contributed by atoms with Gasteiger partial charge in [-0.25, -0.2) is 4.98 Å². The number of nitrogens with zero attached hydrogens (tertiary/aromatic N) is 2. The van der Waals surface area contributed by atoms with Crippen LogP contribution in [0.15, 0.2) is 43.3 Å². The maximum Gasteiger partial charge on any atom is 0.212 e. The summed E-state index contributed by atoms with van der Waals surface area (Å²) in [5.41, 5.74) is 3.39. The number of carbonyl (C=O) groups is 1. The van der Waals surface area contributed by atoms with Crippen molar-refractivity contribution in [2.24, 2.45) is 0 Å². The number of rotatable bonds is 6. The Kier molecular flexibility index (Phi) is 4.94. The molecule has 0 saturated carbocycles. The van der Waals surface area contributed by atoms with E-state index in [0.29, 0.717) is 12.2 Å². The summed E-state index contributed by atoms with van der Waals surface area (Å²) in [6.07, 6.45) is 7.26. The van der Waals surface area contributed by atoms with E-state index in [1.807, 2.05) is 43.5 Å². The van der Waals surface area contributed by atoms with Crippen LogP contribution in [0.1, 0.15) is 18.1 Å². The number of amides is 1. The maximum absolute atomic E-state index is 10.6. The number of pyridine rings is 1. The summed E-state index contributed by atoms with van der Waals surface area (Å²) in [6.45, 7) is 6.03. The van der Waals surface area contributed by atoms with E-state index in [9.17, 15) is 4.79 Å². The van der Waals surface area contributed by atoms with Crippen molar-refractivity contribution in [3.63, 3.8) is 0 Å². The van der Waals surface area contributed by atoms with Gasteiger partial charge in [0.1, 0.15) is 5.82 Å². The number of nitrogens with one attached hydrogen (secondary N) is 1. The summed E-state index contributed by atoms with van der Waals surface area (Å²) < 4.78 is 0. The molecule has 0 bridgehead atoms. The fourth-order valence-electron chi connectivity index (χ4n) is 2.46. The SMILES string of the molecule is C=C/C(=C\N(C)C)c1cc(CC)c2cnc(NC=O)cc2c1. The highest BCUT2D eigenvalue weighted by Crippen LogP contribution is 2.27. The predicted octanol–water partition coefficient (Wildman–Crippen LogP) is 3.45. The normalized spacial score (nSPS) is 11.3. The van der Waals surface area contributed by atoms with Gasteiger partial charge in [0.05, 0.1) is 0 Å². The van der Waals surface area contributed by atoms with Gasteiger partial charge in [0.2, 0.25) is 6.41 Å². The number of carbonyl (C=O) groups excluding carboxylic acids is 1. The van der Waals surface area contributed by atoms with Gasteiger partial charge in [-0.05, 0) is 40.6 Å². The van der Waals surface area contributed by atoms with Crippen LogP contribution in [0, 0.1) is 0 Å². The third-order valence-corrected chi connectivity index (χ3v) is 3.46. The second kappa shape index (κ2) is 6.89. The van der Waals surface area contributed by atoms with E-state index in [4.69, 9.17) is 0 Å². The van der Waals surface area contributed by atoms with E-state index in [1.165, 1.54) is 5.56 Å². The smallest absolute Gasteiger partial charge is 0.212 e. The van der Waals surface area contributed by atoms with Gasteiger partial charge in [-0.2, -0.15) is 0 Å². The highest BCUT2D eigenvalue weighted by atomic mass is 16.1. The van der Waals surface area contributed by atoms with Crippen LogP contribution in [-0.4, -0.2) is 30.4 Å². The first-order valence-corrected chi connectivity index (χ1v) is 7.23. The first kappa shape index (κ1) is 15.8. The monoisotopic (exact) mass is 295 g/mol. The summed E-state index contributed by atoms with van der Waals surface area (Å²) in [5, 5.41) is 4.76. The lowest BCUT2D eigenvalue weighted by atomic mass is 9.97. The Morgan fingerprint density at radius 2 is 2.14 bits per heavy atom. The molecule has 0 aliphatic carbocycles. The fraction of sp³-hybridized carbons (Fsp3) is 0.222. The van der Waals surface area contributed by atoms with Gasteiger partial charge in [0.15, 0.2) is 0 Å². The quantitative estimate of drug-likeness (QED) is 0.656. The van der Waals surface area contributed by atoms with Crippen LogP contribution in [0.25, 0.3) is 16.3 Å². The molecule has 0 atom stereocenters. The molecule has 0 saturated heterocycles. The van der Waals surface area contributed by atoms with Crippen molar-refractivity contribution < 1.29 is 4.79 Å². The zero-order valence-electron chi connectivity index (χ0n) is 13.3. The van der Waals surface area contributed by atoms with Gasteiger partial charge in [0, 0.05) is 31.9 Å². The maximum atomic E-state index is 10.6. The summed E-state index contributed by atoms with van der Waals surface area (Å²) in [4.78, 5) is 16.9. The molecule has 1 heterocycles. The number of aryl methyl sites for hydroxylation is 1. The van der Waals surface area contributed by atoms with Crippen molar-refractivity contribution in [1.82, 2.24) is 9.88 Å². The molecule has 114 valence electrons. The Morgan fingerprint density at radius 1 is 1.36 bits per heavy atom. The Bertz CT molecular complexity index is 732. The lowest BCUT2D eigenvalue weighted by molar-refractivity contribution is -0.105. The van der Waals surface area contributed by atoms with Crippen LogP contribution >= 0.6 is 0 Å². The molecule has 1 aromatic carbocycles. The second-order valence-electron chi connectivity index (χ2n) is 5.29. The number of hydrogen-bond donors (Lipinski definition) is 1. The number of anilines is 1. The molecule has 1 N–H and O–H groups in total. The van der Waals surface area contributed by atoms with Crippen molar-refractivity contribution in [1.29, 1.82) is 0 Å². The van der Waals surface area contributed by atoms with E-state index in [-0.39, 0.29) is 0 Å². The summed E-state index contributed by atoms with van der Waals surface area (Å²) in [5.74, 6) is 0.554. The first-order valence-electron chi connectivity index (χ1n) is 7.23. The molecule has 4 nitrogen and oxygen atoms in total. The molecule has 2 aromatic rings. The minimum atomic E-state index is 0.554. The Hall–Kier alpha value is -2.62. The summed E-state index contributed by atoms with van der Waals surface area (Å²) >= 11 is 0. The average molecular weight is 295 g/mol. The summed E-state index contributed by atoms with van der Waals surface area (Å²) in [6, 6.07) is 6.17. The molecule has 0 aliphatic rings. The lowest BCUT2D eigenvalue weighted by Crippen LogP contribution is -2.02. The number of allylic oxidation sites excluding steroid dienone is 2. The molecule has 22 heavy (non-hydrogen) atoms. The van der Waals surface area contributed by atoms with Crippen LogP contribution in [0.3, 0.4) is 0 Å². The highest BCUT2D eigenvalue weighted by molar-refractivity contribution is 5.92. The van der Waals surface area contributed by atoms with Crippen LogP contribution < -0.4 is 5.32 Å². The topological polar surface area (TPSA) is 45.2 Å². The molecule has 1 aromatic heterocycles. The van der Waals surface area contributed by atoms with Crippen LogP contribution in [0.4, 0.5) is 5.82 Å². The number of fused-ring (bicyclic) bond motifs is 1. The zero-order valence-corrected chi connectivity index (χ0v) is 13.3. The standard InChI is InChI=1S/C18H21N3O/c1-5-13-7-15(14(6-2)11-21(3)4)8-16-9-18(20-12-22)19-10-17(13)16/h6-12H,2,5H2,1,3-4H3,(H,19,20,22)/b14-11+. The molecule has 1 amide bonds. The first-order chi connectivity index (χ1) is 10.6. The number of benzene rings is 1. The van der Waals surface area contributed by atoms with Crippen molar-refractivity contribution in [2.45, 2.75) is 13.3 Å². The molecule has 0 spiro atoms. The fourth-order valence-corrected chi connectivity index (χ4v) is 2.46. The largest absolute Gasteiger partial charge is 0.383 e. The van der Waals surface area contributed by atoms with E-state index < -0.39 is 0 Å². The Labute approximate surface area is 131 Å². The van der Waals surface area contributed by atoms with E-state index in [0.717, 1.165) is 28.3 Å². The third-order valence-electron chi connectivity index (χ3n) is 3.46. The van der Waals surface area contributed by atoms with Gasteiger partial charge in [-0.15, -0.1) is 0 Å². The van der Waals surface area contributed by atoms with E-state index in [2.05, 4.69) is 35.9 Å². The molecule has 0 fully saturated rings. The van der Waals surface area contributed by atoms with Crippen molar-refractivity contribution in [3.8, 4) is 0 Å². The van der Waals surface area contributed by atoms with Crippen molar-refractivity contribution in [2.75, 3.05) is 19.4 Å². The molecule has 0 unspecified atom stereocenters. The van der Waals surface area contributed by atoms with Gasteiger partial charge in [0.25, 0.3) is 0 Å². The van der Waals surface area contributed by atoms with E-state index in [1.54, 1.807) is 0 Å².